The second-order valence-electron chi connectivity index (χ2n) is 3.39. The SMILES string of the molecule is CCOc1ccc(Cl)cc1/C=N\NC(=O)C(=O)NC. The van der Waals surface area contributed by atoms with E-state index in [-0.39, 0.29) is 0 Å². The molecule has 1 rings (SSSR count). The Labute approximate surface area is 115 Å². The lowest BCUT2D eigenvalue weighted by molar-refractivity contribution is -0.138. The van der Waals surface area contributed by atoms with Crippen molar-refractivity contribution in [1.29, 1.82) is 0 Å². The van der Waals surface area contributed by atoms with Crippen LogP contribution in [0, 0.1) is 0 Å². The van der Waals surface area contributed by atoms with Crippen LogP contribution in [0.3, 0.4) is 0 Å². The van der Waals surface area contributed by atoms with Crippen molar-refractivity contribution >= 4 is 29.6 Å². The van der Waals surface area contributed by atoms with Crippen LogP contribution in [-0.2, 0) is 9.59 Å². The largest absolute Gasteiger partial charge is 0.493 e. The van der Waals surface area contributed by atoms with Gasteiger partial charge in [0, 0.05) is 17.6 Å². The molecule has 0 atom stereocenters. The molecule has 2 N–H and O–H groups in total. The van der Waals surface area contributed by atoms with Crippen molar-refractivity contribution < 1.29 is 14.3 Å². The Balaban J connectivity index is 2.77. The summed E-state index contributed by atoms with van der Waals surface area (Å²) in [5.41, 5.74) is 2.69. The fraction of sp³-hybridized carbons (Fsp3) is 0.250. The maximum Gasteiger partial charge on any atom is 0.329 e. The first kappa shape index (κ1) is 15.0. The van der Waals surface area contributed by atoms with Gasteiger partial charge < -0.3 is 10.1 Å². The van der Waals surface area contributed by atoms with Crippen molar-refractivity contribution in [1.82, 2.24) is 10.7 Å². The number of nitrogens with one attached hydrogen (secondary N) is 2. The first-order valence-corrected chi connectivity index (χ1v) is 5.93. The number of rotatable bonds is 4. The zero-order valence-corrected chi connectivity index (χ0v) is 11.3. The number of carbonyl (C=O) groups is 2. The highest BCUT2D eigenvalue weighted by atomic mass is 35.5. The van der Waals surface area contributed by atoms with Crippen molar-refractivity contribution in [2.45, 2.75) is 6.92 Å². The van der Waals surface area contributed by atoms with E-state index in [2.05, 4.69) is 15.8 Å². The lowest BCUT2D eigenvalue weighted by atomic mass is 10.2. The van der Waals surface area contributed by atoms with Gasteiger partial charge in [0.25, 0.3) is 0 Å². The number of ether oxygens (including phenoxy) is 1. The van der Waals surface area contributed by atoms with E-state index in [0.717, 1.165) is 0 Å². The van der Waals surface area contributed by atoms with Gasteiger partial charge in [0.05, 0.1) is 12.8 Å². The molecule has 0 aliphatic heterocycles. The van der Waals surface area contributed by atoms with Crippen molar-refractivity contribution in [2.75, 3.05) is 13.7 Å². The normalized spacial score (nSPS) is 10.3. The molecule has 0 aromatic heterocycles. The number of hydrazone groups is 1. The standard InChI is InChI=1S/C12H14ClN3O3/c1-3-19-10-5-4-9(13)6-8(10)7-15-16-12(18)11(17)14-2/h4-7H,3H2,1-2H3,(H,14,17)(H,16,18)/b15-7-. The molecular weight excluding hydrogens is 270 g/mol. The monoisotopic (exact) mass is 283 g/mol. The smallest absolute Gasteiger partial charge is 0.329 e. The van der Waals surface area contributed by atoms with E-state index in [1.54, 1.807) is 18.2 Å². The first-order valence-electron chi connectivity index (χ1n) is 5.56. The maximum atomic E-state index is 11.1. The third-order valence-corrected chi connectivity index (χ3v) is 2.31. The van der Waals surface area contributed by atoms with Gasteiger partial charge in [-0.2, -0.15) is 5.10 Å². The Hall–Kier alpha value is -2.08. The van der Waals surface area contributed by atoms with Gasteiger partial charge in [0.1, 0.15) is 5.75 Å². The topological polar surface area (TPSA) is 79.8 Å². The van der Waals surface area contributed by atoms with Crippen LogP contribution >= 0.6 is 11.6 Å². The molecule has 19 heavy (non-hydrogen) atoms. The minimum Gasteiger partial charge on any atom is -0.493 e. The average Bonchev–Trinajstić information content (AvgIpc) is 2.40. The molecule has 0 saturated carbocycles. The predicted octanol–water partition coefficient (Wildman–Crippen LogP) is 0.935. The van der Waals surface area contributed by atoms with Crippen molar-refractivity contribution in [3.63, 3.8) is 0 Å². The predicted molar refractivity (Wildman–Crippen MR) is 72.4 cm³/mol. The molecule has 1 aromatic carbocycles. The summed E-state index contributed by atoms with van der Waals surface area (Å²) in [5.74, 6) is -1.03. The van der Waals surface area contributed by atoms with Gasteiger partial charge in [-0.1, -0.05) is 11.6 Å². The lowest BCUT2D eigenvalue weighted by Crippen LogP contribution is -2.35. The number of carbonyl (C=O) groups excluding carboxylic acids is 2. The van der Waals surface area contributed by atoms with E-state index in [4.69, 9.17) is 16.3 Å². The van der Waals surface area contributed by atoms with Crippen LogP contribution in [0.1, 0.15) is 12.5 Å². The molecule has 0 heterocycles. The summed E-state index contributed by atoms with van der Waals surface area (Å²) in [6.07, 6.45) is 1.36. The number of amides is 2. The van der Waals surface area contributed by atoms with Crippen LogP contribution in [0.5, 0.6) is 5.75 Å². The Morgan fingerprint density at radius 2 is 2.16 bits per heavy atom. The Kier molecular flexibility index (Phi) is 5.81. The number of likely N-dealkylation sites (N-methyl/N-ethyl adjacent to an activating group) is 1. The fourth-order valence-electron chi connectivity index (χ4n) is 1.23. The van der Waals surface area contributed by atoms with Gasteiger partial charge in [-0.05, 0) is 25.1 Å². The summed E-state index contributed by atoms with van der Waals surface area (Å²) in [6.45, 7) is 2.34. The molecule has 0 fully saturated rings. The summed E-state index contributed by atoms with van der Waals surface area (Å²) in [5, 5.41) is 6.37. The number of hydrogen-bond acceptors (Lipinski definition) is 4. The Morgan fingerprint density at radius 1 is 1.42 bits per heavy atom. The molecule has 0 saturated heterocycles. The van der Waals surface area contributed by atoms with Gasteiger partial charge in [0.15, 0.2) is 0 Å². The highest BCUT2D eigenvalue weighted by Gasteiger charge is 2.09. The van der Waals surface area contributed by atoms with Gasteiger partial charge in [-0.3, -0.25) is 9.59 Å². The van der Waals surface area contributed by atoms with Crippen LogP contribution in [0.15, 0.2) is 23.3 Å². The Bertz CT molecular complexity index is 503. The maximum absolute atomic E-state index is 11.1. The average molecular weight is 284 g/mol. The second-order valence-corrected chi connectivity index (χ2v) is 3.83. The van der Waals surface area contributed by atoms with Crippen LogP contribution in [0.4, 0.5) is 0 Å². The molecule has 0 unspecified atom stereocenters. The lowest BCUT2D eigenvalue weighted by Gasteiger charge is -2.06. The summed E-state index contributed by atoms with van der Waals surface area (Å²) in [7, 11) is 1.36. The van der Waals surface area contributed by atoms with Crippen molar-refractivity contribution in [3.8, 4) is 5.75 Å². The molecule has 0 bridgehead atoms. The summed E-state index contributed by atoms with van der Waals surface area (Å²) < 4.78 is 5.38. The summed E-state index contributed by atoms with van der Waals surface area (Å²) in [4.78, 5) is 22.1. The molecule has 0 aliphatic carbocycles. The molecule has 0 aliphatic rings. The number of nitrogens with zero attached hydrogens (tertiary/aromatic N) is 1. The van der Waals surface area contributed by atoms with E-state index >= 15 is 0 Å². The molecule has 0 spiro atoms. The van der Waals surface area contributed by atoms with E-state index in [0.29, 0.717) is 22.9 Å². The van der Waals surface area contributed by atoms with Gasteiger partial charge >= 0.3 is 11.8 Å². The third kappa shape index (κ3) is 4.59. The number of halogens is 1. The van der Waals surface area contributed by atoms with E-state index < -0.39 is 11.8 Å². The van der Waals surface area contributed by atoms with Gasteiger partial charge in [0.2, 0.25) is 0 Å². The van der Waals surface area contributed by atoms with Crippen LogP contribution < -0.4 is 15.5 Å². The number of hydrogen-bond donors (Lipinski definition) is 2. The molecule has 1 aromatic rings. The van der Waals surface area contributed by atoms with E-state index in [1.165, 1.54) is 13.3 Å². The zero-order chi connectivity index (χ0) is 14.3. The quantitative estimate of drug-likeness (QED) is 0.490. The van der Waals surface area contributed by atoms with E-state index in [1.807, 2.05) is 6.92 Å². The first-order chi connectivity index (χ1) is 9.08. The molecule has 2 amide bonds. The van der Waals surface area contributed by atoms with Crippen molar-refractivity contribution in [2.24, 2.45) is 5.10 Å². The minimum absolute atomic E-state index is 0.493. The highest BCUT2D eigenvalue weighted by Crippen LogP contribution is 2.21. The zero-order valence-electron chi connectivity index (χ0n) is 10.6. The summed E-state index contributed by atoms with van der Waals surface area (Å²) in [6, 6.07) is 5.03. The van der Waals surface area contributed by atoms with Gasteiger partial charge in [-0.25, -0.2) is 5.43 Å². The molecule has 102 valence electrons. The van der Waals surface area contributed by atoms with E-state index in [9.17, 15) is 9.59 Å². The van der Waals surface area contributed by atoms with Crippen molar-refractivity contribution in [3.05, 3.63) is 28.8 Å². The van der Waals surface area contributed by atoms with Crippen LogP contribution in [0.2, 0.25) is 5.02 Å². The fourth-order valence-corrected chi connectivity index (χ4v) is 1.41. The highest BCUT2D eigenvalue weighted by molar-refractivity contribution is 6.35. The van der Waals surface area contributed by atoms with Crippen LogP contribution in [0.25, 0.3) is 0 Å². The molecule has 6 nitrogen and oxygen atoms in total. The minimum atomic E-state index is -0.848. The molecule has 0 radical (unpaired) electrons. The summed E-state index contributed by atoms with van der Waals surface area (Å²) >= 11 is 5.86. The third-order valence-electron chi connectivity index (χ3n) is 2.07. The second kappa shape index (κ2) is 7.38. The van der Waals surface area contributed by atoms with Gasteiger partial charge in [-0.15, -0.1) is 0 Å². The number of benzene rings is 1. The Morgan fingerprint density at radius 3 is 2.79 bits per heavy atom. The molecule has 7 heteroatoms. The molecular formula is C12H14ClN3O3. The van der Waals surface area contributed by atoms with Crippen LogP contribution in [-0.4, -0.2) is 31.7 Å².